The lowest BCUT2D eigenvalue weighted by Gasteiger charge is -2.06. The number of carbonyl (C=O) groups excluding carboxylic acids is 2. The molecule has 10 heteroatoms. The number of hydrogen-bond donors (Lipinski definition) is 1. The Morgan fingerprint density at radius 1 is 1.25 bits per heavy atom. The van der Waals surface area contributed by atoms with Crippen LogP contribution in [0.1, 0.15) is 24.2 Å². The van der Waals surface area contributed by atoms with Crippen LogP contribution in [0.4, 0.5) is 5.69 Å². The van der Waals surface area contributed by atoms with Crippen LogP contribution >= 0.6 is 45.9 Å². The van der Waals surface area contributed by atoms with Crippen LogP contribution in [-0.2, 0) is 16.1 Å². The molecule has 0 spiro atoms. The second kappa shape index (κ2) is 9.19. The van der Waals surface area contributed by atoms with Gasteiger partial charge in [0.1, 0.15) is 4.34 Å². The summed E-state index contributed by atoms with van der Waals surface area (Å²) in [5, 5.41) is 2.76. The van der Waals surface area contributed by atoms with Gasteiger partial charge in [-0.1, -0.05) is 34.5 Å². The second-order valence-electron chi connectivity index (χ2n) is 5.75. The van der Waals surface area contributed by atoms with Crippen molar-refractivity contribution in [2.75, 3.05) is 18.5 Å². The maximum atomic E-state index is 12.6. The fourth-order valence-electron chi connectivity index (χ4n) is 2.59. The maximum absolute atomic E-state index is 12.6. The quantitative estimate of drug-likeness (QED) is 0.539. The molecule has 0 bridgehead atoms. The summed E-state index contributed by atoms with van der Waals surface area (Å²) in [4.78, 5) is 28.7. The molecule has 1 aromatic carbocycles. The number of nitrogens with zero attached hydrogens (tertiary/aromatic N) is 2. The SMILES string of the molecule is CCOCCn1c(=NC(=O)c2cc(Cl)sc2Cl)sc2cc(NC(C)=O)ccc21. The van der Waals surface area contributed by atoms with Crippen LogP contribution in [0.3, 0.4) is 0 Å². The summed E-state index contributed by atoms with van der Waals surface area (Å²) in [6.45, 7) is 5.01. The molecular weight excluding hydrogens is 441 g/mol. The molecule has 3 aromatic rings. The van der Waals surface area contributed by atoms with Crippen molar-refractivity contribution >= 4 is 73.6 Å². The summed E-state index contributed by atoms with van der Waals surface area (Å²) in [5.41, 5.74) is 1.87. The van der Waals surface area contributed by atoms with Gasteiger partial charge >= 0.3 is 0 Å². The van der Waals surface area contributed by atoms with E-state index >= 15 is 0 Å². The molecule has 0 fully saturated rings. The molecule has 0 saturated carbocycles. The van der Waals surface area contributed by atoms with Gasteiger partial charge in [0.15, 0.2) is 4.80 Å². The van der Waals surface area contributed by atoms with Crippen molar-refractivity contribution in [3.63, 3.8) is 0 Å². The summed E-state index contributed by atoms with van der Waals surface area (Å²) in [5.74, 6) is -0.601. The highest BCUT2D eigenvalue weighted by molar-refractivity contribution is 7.20. The normalized spacial score (nSPS) is 11.9. The molecule has 2 amide bonds. The zero-order valence-corrected chi connectivity index (χ0v) is 18.3. The fraction of sp³-hybridized carbons (Fsp3) is 0.278. The third-order valence-corrected chi connectivity index (χ3v) is 6.28. The van der Waals surface area contributed by atoms with E-state index in [0.717, 1.165) is 21.6 Å². The third-order valence-electron chi connectivity index (χ3n) is 3.75. The van der Waals surface area contributed by atoms with Crippen LogP contribution < -0.4 is 10.1 Å². The Hall–Kier alpha value is -1.71. The summed E-state index contributed by atoms with van der Waals surface area (Å²) >= 11 is 14.5. The molecule has 28 heavy (non-hydrogen) atoms. The molecule has 2 aromatic heterocycles. The van der Waals surface area contributed by atoms with Crippen molar-refractivity contribution in [1.82, 2.24) is 4.57 Å². The van der Waals surface area contributed by atoms with Crippen LogP contribution in [0.5, 0.6) is 0 Å². The van der Waals surface area contributed by atoms with Gasteiger partial charge < -0.3 is 14.6 Å². The summed E-state index contributed by atoms with van der Waals surface area (Å²) in [7, 11) is 0. The van der Waals surface area contributed by atoms with E-state index in [4.69, 9.17) is 27.9 Å². The first-order valence-electron chi connectivity index (χ1n) is 8.41. The summed E-state index contributed by atoms with van der Waals surface area (Å²) in [6, 6.07) is 7.08. The predicted octanol–water partition coefficient (Wildman–Crippen LogP) is 4.81. The lowest BCUT2D eigenvalue weighted by atomic mass is 10.3. The smallest absolute Gasteiger partial charge is 0.282 e. The molecule has 0 saturated heterocycles. The third kappa shape index (κ3) is 4.82. The Balaban J connectivity index is 2.07. The molecule has 0 radical (unpaired) electrons. The van der Waals surface area contributed by atoms with Gasteiger partial charge in [-0.25, -0.2) is 0 Å². The lowest BCUT2D eigenvalue weighted by molar-refractivity contribution is -0.114. The number of aromatic nitrogens is 1. The number of nitrogens with one attached hydrogen (secondary N) is 1. The molecule has 148 valence electrons. The highest BCUT2D eigenvalue weighted by Crippen LogP contribution is 2.31. The van der Waals surface area contributed by atoms with Gasteiger partial charge in [0.05, 0.1) is 26.7 Å². The Kier molecular flexibility index (Phi) is 6.90. The Morgan fingerprint density at radius 2 is 2.04 bits per heavy atom. The number of ether oxygens (including phenoxy) is 1. The van der Waals surface area contributed by atoms with E-state index in [1.54, 1.807) is 0 Å². The second-order valence-corrected chi connectivity index (χ2v) is 9.05. The first-order valence-corrected chi connectivity index (χ1v) is 10.8. The number of halogens is 2. The van der Waals surface area contributed by atoms with Crippen LogP contribution in [0.25, 0.3) is 10.2 Å². The van der Waals surface area contributed by atoms with Crippen molar-refractivity contribution < 1.29 is 14.3 Å². The minimum Gasteiger partial charge on any atom is -0.380 e. The molecule has 1 N–H and O–H groups in total. The molecule has 0 aliphatic rings. The van der Waals surface area contributed by atoms with Gasteiger partial charge in [-0.2, -0.15) is 4.99 Å². The van der Waals surface area contributed by atoms with Crippen molar-refractivity contribution in [2.24, 2.45) is 4.99 Å². The number of hydrogen-bond acceptors (Lipinski definition) is 5. The van der Waals surface area contributed by atoms with Crippen molar-refractivity contribution in [1.29, 1.82) is 0 Å². The van der Waals surface area contributed by atoms with Gasteiger partial charge in [0.2, 0.25) is 5.91 Å². The average Bonchev–Trinajstić information content (AvgIpc) is 3.13. The van der Waals surface area contributed by atoms with Crippen molar-refractivity contribution in [3.8, 4) is 0 Å². The predicted molar refractivity (Wildman–Crippen MR) is 115 cm³/mol. The Morgan fingerprint density at radius 3 is 2.68 bits per heavy atom. The van der Waals surface area contributed by atoms with E-state index in [1.807, 2.05) is 29.7 Å². The topological polar surface area (TPSA) is 72.7 Å². The Bertz CT molecular complexity index is 1100. The zero-order chi connectivity index (χ0) is 20.3. The highest BCUT2D eigenvalue weighted by atomic mass is 35.5. The van der Waals surface area contributed by atoms with Crippen molar-refractivity contribution in [3.05, 3.63) is 43.3 Å². The van der Waals surface area contributed by atoms with E-state index in [2.05, 4.69) is 10.3 Å². The minimum atomic E-state index is -0.452. The van der Waals surface area contributed by atoms with E-state index in [-0.39, 0.29) is 11.5 Å². The number of thiazole rings is 1. The van der Waals surface area contributed by atoms with Crippen LogP contribution in [0, 0.1) is 0 Å². The zero-order valence-electron chi connectivity index (χ0n) is 15.1. The van der Waals surface area contributed by atoms with E-state index in [0.29, 0.717) is 38.9 Å². The molecule has 0 unspecified atom stereocenters. The average molecular weight is 458 g/mol. The minimum absolute atomic E-state index is 0.149. The summed E-state index contributed by atoms with van der Waals surface area (Å²) < 4.78 is 9.03. The number of carbonyl (C=O) groups is 2. The number of fused-ring (bicyclic) bond motifs is 1. The molecule has 6 nitrogen and oxygen atoms in total. The first kappa shape index (κ1) is 21.0. The number of anilines is 1. The lowest BCUT2D eigenvalue weighted by Crippen LogP contribution is -2.19. The van der Waals surface area contributed by atoms with Gasteiger partial charge in [-0.05, 0) is 31.2 Å². The molecule has 0 atom stereocenters. The molecule has 3 rings (SSSR count). The fourth-order valence-corrected chi connectivity index (χ4v) is 5.13. The number of thiophene rings is 1. The highest BCUT2D eigenvalue weighted by Gasteiger charge is 2.15. The van der Waals surface area contributed by atoms with E-state index in [9.17, 15) is 9.59 Å². The Labute approximate surface area is 179 Å². The van der Waals surface area contributed by atoms with Crippen LogP contribution in [-0.4, -0.2) is 29.6 Å². The summed E-state index contributed by atoms with van der Waals surface area (Å²) in [6.07, 6.45) is 0. The van der Waals surface area contributed by atoms with Crippen LogP contribution in [0.2, 0.25) is 8.67 Å². The number of benzene rings is 1. The van der Waals surface area contributed by atoms with Crippen LogP contribution in [0.15, 0.2) is 29.3 Å². The molecule has 2 heterocycles. The van der Waals surface area contributed by atoms with Gasteiger partial charge in [-0.15, -0.1) is 11.3 Å². The number of rotatable bonds is 6. The standard InChI is InChI=1S/C18H17Cl2N3O3S2/c1-3-26-7-6-23-13-5-4-11(21-10(2)24)8-14(13)27-18(23)22-17(25)12-9-15(19)28-16(12)20/h4-5,8-9H,3,6-7H2,1-2H3,(H,21,24). The monoisotopic (exact) mass is 457 g/mol. The largest absolute Gasteiger partial charge is 0.380 e. The van der Waals surface area contributed by atoms with E-state index in [1.165, 1.54) is 24.3 Å². The first-order chi connectivity index (χ1) is 13.4. The van der Waals surface area contributed by atoms with Gasteiger partial charge in [0.25, 0.3) is 5.91 Å². The van der Waals surface area contributed by atoms with E-state index < -0.39 is 5.91 Å². The van der Waals surface area contributed by atoms with Gasteiger partial charge in [-0.3, -0.25) is 9.59 Å². The molecule has 0 aliphatic heterocycles. The maximum Gasteiger partial charge on any atom is 0.282 e. The molecular formula is C18H17Cl2N3O3S2. The molecule has 0 aliphatic carbocycles. The van der Waals surface area contributed by atoms with Gasteiger partial charge in [0, 0.05) is 25.8 Å². The van der Waals surface area contributed by atoms with Crippen molar-refractivity contribution in [2.45, 2.75) is 20.4 Å². The number of amides is 2.